The summed E-state index contributed by atoms with van der Waals surface area (Å²) < 4.78 is 5.47. The van der Waals surface area contributed by atoms with Gasteiger partial charge in [0.05, 0.1) is 11.7 Å². The monoisotopic (exact) mass is 309 g/mol. The van der Waals surface area contributed by atoms with Gasteiger partial charge in [0.15, 0.2) is 5.76 Å². The molecule has 3 heterocycles. The molecule has 4 rings (SSSR count). The van der Waals surface area contributed by atoms with Gasteiger partial charge >= 0.3 is 0 Å². The summed E-state index contributed by atoms with van der Waals surface area (Å²) in [5.74, 6) is 1.24. The molecule has 1 saturated heterocycles. The molecule has 1 unspecified atom stereocenters. The zero-order chi connectivity index (χ0) is 15.8. The first-order valence-electron chi connectivity index (χ1n) is 7.94. The Morgan fingerprint density at radius 3 is 3.09 bits per heavy atom. The largest absolute Gasteiger partial charge is 0.508 e. The minimum absolute atomic E-state index is 0.225. The summed E-state index contributed by atoms with van der Waals surface area (Å²) in [5.41, 5.74) is 1.84. The first-order chi connectivity index (χ1) is 11.2. The van der Waals surface area contributed by atoms with Gasteiger partial charge in [0.2, 0.25) is 0 Å². The van der Waals surface area contributed by atoms with Gasteiger partial charge in [0.25, 0.3) is 0 Å². The number of aromatic nitrogens is 2. The van der Waals surface area contributed by atoms with Crippen molar-refractivity contribution < 1.29 is 9.63 Å². The summed E-state index contributed by atoms with van der Waals surface area (Å²) >= 11 is 0. The molecule has 23 heavy (non-hydrogen) atoms. The fraction of sp³-hybridized carbons (Fsp3) is 0.333. The molecule has 1 atom stereocenters. The lowest BCUT2D eigenvalue weighted by Crippen LogP contribution is -2.22. The summed E-state index contributed by atoms with van der Waals surface area (Å²) in [4.78, 5) is 6.56. The number of likely N-dealkylation sites (tertiary alicyclic amines) is 1. The highest BCUT2D eigenvalue weighted by molar-refractivity contribution is 5.86. The Morgan fingerprint density at radius 1 is 1.35 bits per heavy atom. The Balaban J connectivity index is 1.68. The molecule has 118 valence electrons. The van der Waals surface area contributed by atoms with Crippen LogP contribution in [0.4, 0.5) is 0 Å². The third kappa shape index (κ3) is 2.57. The predicted molar refractivity (Wildman–Crippen MR) is 87.0 cm³/mol. The minimum Gasteiger partial charge on any atom is -0.508 e. The Kier molecular flexibility index (Phi) is 3.50. The van der Waals surface area contributed by atoms with Crippen LogP contribution in [0.2, 0.25) is 0 Å². The van der Waals surface area contributed by atoms with E-state index in [4.69, 9.17) is 4.52 Å². The van der Waals surface area contributed by atoms with Crippen LogP contribution in [0.3, 0.4) is 0 Å². The molecule has 2 aromatic heterocycles. The third-order valence-electron chi connectivity index (χ3n) is 4.61. The Bertz CT molecular complexity index is 843. The molecule has 0 saturated carbocycles. The van der Waals surface area contributed by atoms with Crippen LogP contribution in [0.5, 0.6) is 5.75 Å². The summed E-state index contributed by atoms with van der Waals surface area (Å²) in [5, 5.41) is 16.5. The second kappa shape index (κ2) is 5.66. The molecule has 5 nitrogen and oxygen atoms in total. The van der Waals surface area contributed by atoms with E-state index in [2.05, 4.69) is 15.0 Å². The number of phenolic OH excluding ortho intramolecular Hbond substituents is 1. The fourth-order valence-corrected chi connectivity index (χ4v) is 3.46. The third-order valence-corrected chi connectivity index (χ3v) is 4.61. The number of aryl methyl sites for hydroxylation is 1. The number of hydrogen-bond donors (Lipinski definition) is 1. The van der Waals surface area contributed by atoms with E-state index in [1.807, 2.05) is 31.3 Å². The first kappa shape index (κ1) is 14.2. The maximum atomic E-state index is 10.3. The van der Waals surface area contributed by atoms with Crippen molar-refractivity contribution in [2.45, 2.75) is 32.4 Å². The molecule has 0 bridgehead atoms. The van der Waals surface area contributed by atoms with Crippen LogP contribution in [0.15, 0.2) is 41.2 Å². The zero-order valence-corrected chi connectivity index (χ0v) is 13.1. The van der Waals surface area contributed by atoms with Crippen LogP contribution in [0.25, 0.3) is 10.8 Å². The first-order valence-corrected chi connectivity index (χ1v) is 7.94. The lowest BCUT2D eigenvalue weighted by atomic mass is 10.0. The lowest BCUT2D eigenvalue weighted by molar-refractivity contribution is 0.205. The van der Waals surface area contributed by atoms with Gasteiger partial charge in [0, 0.05) is 36.0 Å². The van der Waals surface area contributed by atoms with E-state index in [1.165, 1.54) is 0 Å². The summed E-state index contributed by atoms with van der Waals surface area (Å²) in [6.07, 6.45) is 5.78. The molecule has 0 spiro atoms. The molecule has 3 aromatic rings. The normalized spacial score (nSPS) is 18.7. The smallest absolute Gasteiger partial charge is 0.154 e. The molecule has 0 radical (unpaired) electrons. The van der Waals surface area contributed by atoms with Crippen molar-refractivity contribution in [2.75, 3.05) is 6.54 Å². The van der Waals surface area contributed by atoms with E-state index < -0.39 is 0 Å². The number of hydrogen-bond acceptors (Lipinski definition) is 5. The minimum atomic E-state index is 0.225. The SMILES string of the molecule is Cc1cc(C2CCCN2Cc2c(O)ccc3ccncc23)on1. The molecule has 1 aliphatic rings. The number of benzene rings is 1. The molecule has 0 amide bonds. The lowest BCUT2D eigenvalue weighted by Gasteiger charge is -2.23. The second-order valence-electron chi connectivity index (χ2n) is 6.16. The molecular weight excluding hydrogens is 290 g/mol. The van der Waals surface area contributed by atoms with Gasteiger partial charge in [-0.15, -0.1) is 0 Å². The Hall–Kier alpha value is -2.40. The molecular formula is C18H19N3O2. The van der Waals surface area contributed by atoms with Crippen molar-refractivity contribution >= 4 is 10.8 Å². The molecule has 1 N–H and O–H groups in total. The van der Waals surface area contributed by atoms with Crippen molar-refractivity contribution in [3.05, 3.63) is 53.7 Å². The number of pyridine rings is 1. The maximum Gasteiger partial charge on any atom is 0.154 e. The van der Waals surface area contributed by atoms with Crippen LogP contribution >= 0.6 is 0 Å². The number of rotatable bonds is 3. The maximum absolute atomic E-state index is 10.3. The summed E-state index contributed by atoms with van der Waals surface area (Å²) in [6.45, 7) is 3.61. The summed E-state index contributed by atoms with van der Waals surface area (Å²) in [7, 11) is 0. The number of nitrogens with zero attached hydrogens (tertiary/aromatic N) is 3. The van der Waals surface area contributed by atoms with Crippen LogP contribution in [0, 0.1) is 6.92 Å². The van der Waals surface area contributed by atoms with Crippen LogP contribution in [-0.2, 0) is 6.54 Å². The van der Waals surface area contributed by atoms with E-state index in [0.717, 1.165) is 47.2 Å². The number of fused-ring (bicyclic) bond motifs is 1. The van der Waals surface area contributed by atoms with E-state index in [0.29, 0.717) is 12.3 Å². The van der Waals surface area contributed by atoms with Crippen LogP contribution in [-0.4, -0.2) is 26.7 Å². The Morgan fingerprint density at radius 2 is 2.26 bits per heavy atom. The highest BCUT2D eigenvalue weighted by Gasteiger charge is 2.30. The van der Waals surface area contributed by atoms with Gasteiger partial charge in [-0.05, 0) is 43.8 Å². The van der Waals surface area contributed by atoms with Crippen molar-refractivity contribution in [3.8, 4) is 5.75 Å². The molecule has 1 aliphatic heterocycles. The second-order valence-corrected chi connectivity index (χ2v) is 6.16. The van der Waals surface area contributed by atoms with E-state index in [-0.39, 0.29) is 6.04 Å². The molecule has 1 fully saturated rings. The summed E-state index contributed by atoms with van der Waals surface area (Å²) in [6, 6.07) is 7.90. The van der Waals surface area contributed by atoms with Crippen LogP contribution < -0.4 is 0 Å². The number of phenols is 1. The average molecular weight is 309 g/mol. The topological polar surface area (TPSA) is 62.4 Å². The zero-order valence-electron chi connectivity index (χ0n) is 13.1. The van der Waals surface area contributed by atoms with Crippen molar-refractivity contribution in [3.63, 3.8) is 0 Å². The van der Waals surface area contributed by atoms with Gasteiger partial charge in [0.1, 0.15) is 5.75 Å². The molecule has 0 aliphatic carbocycles. The standard InChI is InChI=1S/C18H19N3O2/c1-12-9-18(23-20-12)16-3-2-8-21(16)11-15-14-10-19-7-6-13(14)4-5-17(15)22/h4-7,9-10,16,22H,2-3,8,11H2,1H3. The Labute approximate surface area is 134 Å². The van der Waals surface area contributed by atoms with E-state index in [1.54, 1.807) is 12.3 Å². The van der Waals surface area contributed by atoms with Crippen LogP contribution in [0.1, 0.15) is 35.9 Å². The van der Waals surface area contributed by atoms with Crippen molar-refractivity contribution in [2.24, 2.45) is 0 Å². The van der Waals surface area contributed by atoms with Gasteiger partial charge in [-0.2, -0.15) is 0 Å². The van der Waals surface area contributed by atoms with E-state index in [9.17, 15) is 5.11 Å². The number of aromatic hydroxyl groups is 1. The van der Waals surface area contributed by atoms with E-state index >= 15 is 0 Å². The van der Waals surface area contributed by atoms with Crippen molar-refractivity contribution in [1.29, 1.82) is 0 Å². The average Bonchev–Trinajstić information content (AvgIpc) is 3.19. The van der Waals surface area contributed by atoms with Crippen molar-refractivity contribution in [1.82, 2.24) is 15.0 Å². The molecule has 5 heteroatoms. The van der Waals surface area contributed by atoms with Gasteiger partial charge in [-0.1, -0.05) is 11.2 Å². The fourth-order valence-electron chi connectivity index (χ4n) is 3.46. The predicted octanol–water partition coefficient (Wildman–Crippen LogP) is 3.57. The van der Waals surface area contributed by atoms with Gasteiger partial charge in [-0.25, -0.2) is 0 Å². The molecule has 1 aromatic carbocycles. The van der Waals surface area contributed by atoms with Gasteiger partial charge < -0.3 is 9.63 Å². The highest BCUT2D eigenvalue weighted by Crippen LogP contribution is 2.36. The quantitative estimate of drug-likeness (QED) is 0.801. The van der Waals surface area contributed by atoms with Gasteiger partial charge in [-0.3, -0.25) is 9.88 Å². The highest BCUT2D eigenvalue weighted by atomic mass is 16.5.